The number of halogens is 6. The van der Waals surface area contributed by atoms with Crippen LogP contribution in [0.5, 0.6) is 23.1 Å². The van der Waals surface area contributed by atoms with E-state index in [1.54, 1.807) is 24.3 Å². The Morgan fingerprint density at radius 3 is 2.11 bits per heavy atom. The maximum Gasteiger partial charge on any atom is 0.422 e. The molecule has 0 atom stereocenters. The summed E-state index contributed by atoms with van der Waals surface area (Å²) in [5.74, 6) is -1.80. The Morgan fingerprint density at radius 2 is 1.51 bits per heavy atom. The molecule has 1 aromatic heterocycles. The largest absolute Gasteiger partial charge is 0.493 e. The third-order valence-electron chi connectivity index (χ3n) is 4.64. The van der Waals surface area contributed by atoms with E-state index < -0.39 is 47.2 Å². The Labute approximate surface area is 208 Å². The van der Waals surface area contributed by atoms with E-state index in [4.69, 9.17) is 9.47 Å². The summed E-state index contributed by atoms with van der Waals surface area (Å²) in [6.07, 6.45) is -8.68. The maximum absolute atomic E-state index is 13.1. The molecule has 0 bridgehead atoms. The molecule has 0 saturated carbocycles. The van der Waals surface area contributed by atoms with E-state index in [9.17, 15) is 34.8 Å². The van der Waals surface area contributed by atoms with Crippen LogP contribution < -0.4 is 18.5 Å². The molecule has 200 valence electrons. The van der Waals surface area contributed by atoms with Crippen molar-refractivity contribution in [3.8, 4) is 23.1 Å². The minimum atomic E-state index is -5.07. The zero-order chi connectivity index (χ0) is 27.3. The van der Waals surface area contributed by atoms with E-state index in [2.05, 4.69) is 9.72 Å². The molecule has 0 N–H and O–H groups in total. The van der Waals surface area contributed by atoms with E-state index in [-0.39, 0.29) is 17.0 Å². The number of pyridine rings is 1. The van der Waals surface area contributed by atoms with Crippen molar-refractivity contribution in [1.29, 1.82) is 0 Å². The van der Waals surface area contributed by atoms with Gasteiger partial charge in [0.05, 0.1) is 19.3 Å². The SMILES string of the molecule is COc1ccccc1Oc1ccc(N(Cc2cccnc2OCC(F)(F)F)S(=O)(=O)CC(F)(F)F)cc1. The fourth-order valence-corrected chi connectivity index (χ4v) is 4.47. The fraction of sp³-hybridized carbons (Fsp3) is 0.261. The molecule has 0 fully saturated rings. The number of aromatic nitrogens is 1. The lowest BCUT2D eigenvalue weighted by atomic mass is 10.2. The van der Waals surface area contributed by atoms with Gasteiger partial charge in [0.2, 0.25) is 15.9 Å². The molecule has 0 spiro atoms. The minimum Gasteiger partial charge on any atom is -0.493 e. The van der Waals surface area contributed by atoms with Crippen molar-refractivity contribution in [2.75, 3.05) is 23.8 Å². The molecule has 0 aliphatic rings. The molecule has 1 heterocycles. The van der Waals surface area contributed by atoms with Crippen LogP contribution in [0.15, 0.2) is 66.9 Å². The number of nitrogens with zero attached hydrogens (tertiary/aromatic N) is 2. The Hall–Kier alpha value is -3.68. The second-order valence-corrected chi connectivity index (χ2v) is 9.39. The predicted molar refractivity (Wildman–Crippen MR) is 121 cm³/mol. The number of rotatable bonds is 10. The molecule has 14 heteroatoms. The van der Waals surface area contributed by atoms with E-state index in [0.29, 0.717) is 15.8 Å². The normalized spacial score (nSPS) is 12.2. The predicted octanol–water partition coefficient (Wildman–Crippen LogP) is 5.72. The molecule has 7 nitrogen and oxygen atoms in total. The number of sulfonamides is 1. The Kier molecular flexibility index (Phi) is 8.41. The van der Waals surface area contributed by atoms with Crippen molar-refractivity contribution in [2.24, 2.45) is 0 Å². The smallest absolute Gasteiger partial charge is 0.422 e. The Bertz CT molecular complexity index is 1300. The summed E-state index contributed by atoms with van der Waals surface area (Å²) in [6.45, 7) is -2.49. The number of anilines is 1. The monoisotopic (exact) mass is 550 g/mol. The standard InChI is InChI=1S/C23H20F6N2O5S/c1-34-19-6-2-3-7-20(19)36-18-10-8-17(9-11-18)31(37(32,33)15-23(27,28)29)13-16-5-4-12-30-21(16)35-14-22(24,25)26/h2-12H,13-15H2,1H3. The summed E-state index contributed by atoms with van der Waals surface area (Å²) in [6, 6.07) is 14.2. The number of alkyl halides is 6. The zero-order valence-corrected chi connectivity index (χ0v) is 19.9. The van der Waals surface area contributed by atoms with Gasteiger partial charge in [0.15, 0.2) is 23.9 Å². The Balaban J connectivity index is 1.94. The fourth-order valence-electron chi connectivity index (χ4n) is 3.12. The minimum absolute atomic E-state index is 0.174. The van der Waals surface area contributed by atoms with Gasteiger partial charge in [0.25, 0.3) is 0 Å². The summed E-state index contributed by atoms with van der Waals surface area (Å²) < 4.78 is 119. The lowest BCUT2D eigenvalue weighted by Crippen LogP contribution is -2.37. The van der Waals surface area contributed by atoms with Crippen LogP contribution in [-0.4, -0.2) is 45.2 Å². The van der Waals surface area contributed by atoms with Crippen LogP contribution in [-0.2, 0) is 16.6 Å². The molecule has 0 amide bonds. The topological polar surface area (TPSA) is 78.0 Å². The van der Waals surface area contributed by atoms with Gasteiger partial charge in [-0.25, -0.2) is 13.4 Å². The van der Waals surface area contributed by atoms with Gasteiger partial charge in [-0.15, -0.1) is 0 Å². The van der Waals surface area contributed by atoms with Crippen LogP contribution in [0.4, 0.5) is 32.0 Å². The van der Waals surface area contributed by atoms with E-state index in [0.717, 1.165) is 6.20 Å². The van der Waals surface area contributed by atoms with E-state index in [1.165, 1.54) is 43.5 Å². The van der Waals surface area contributed by atoms with Gasteiger partial charge >= 0.3 is 12.4 Å². The lowest BCUT2D eigenvalue weighted by molar-refractivity contribution is -0.154. The first-order valence-electron chi connectivity index (χ1n) is 10.4. The number of benzene rings is 2. The number of ether oxygens (including phenoxy) is 3. The number of hydrogen-bond acceptors (Lipinski definition) is 6. The highest BCUT2D eigenvalue weighted by Crippen LogP contribution is 2.34. The maximum atomic E-state index is 13.1. The molecule has 0 unspecified atom stereocenters. The van der Waals surface area contributed by atoms with E-state index >= 15 is 0 Å². The molecule has 0 aliphatic heterocycles. The molecule has 2 aromatic carbocycles. The molecule has 37 heavy (non-hydrogen) atoms. The summed E-state index contributed by atoms with van der Waals surface area (Å²) in [5, 5.41) is 0. The van der Waals surface area contributed by atoms with Crippen molar-refractivity contribution in [3.63, 3.8) is 0 Å². The lowest BCUT2D eigenvalue weighted by Gasteiger charge is -2.26. The molecule has 0 aliphatic carbocycles. The second kappa shape index (κ2) is 11.2. The highest BCUT2D eigenvalue weighted by molar-refractivity contribution is 7.92. The van der Waals surface area contributed by atoms with Gasteiger partial charge < -0.3 is 14.2 Å². The first kappa shape index (κ1) is 27.9. The molecule has 0 radical (unpaired) electrons. The molecule has 3 aromatic rings. The second-order valence-electron chi connectivity index (χ2n) is 7.50. The summed E-state index contributed by atoms with van der Waals surface area (Å²) in [7, 11) is -3.60. The molecule has 0 saturated heterocycles. The van der Waals surface area contributed by atoms with Gasteiger partial charge in [-0.05, 0) is 42.5 Å². The number of methoxy groups -OCH3 is 1. The van der Waals surface area contributed by atoms with Crippen molar-refractivity contribution in [1.82, 2.24) is 4.98 Å². The average molecular weight is 550 g/mol. The van der Waals surface area contributed by atoms with Crippen LogP contribution >= 0.6 is 0 Å². The van der Waals surface area contributed by atoms with Crippen LogP contribution in [0.1, 0.15) is 5.56 Å². The quantitative estimate of drug-likeness (QED) is 0.301. The summed E-state index contributed by atoms with van der Waals surface area (Å²) in [4.78, 5) is 3.66. The first-order valence-corrected chi connectivity index (χ1v) is 12.0. The molecular weight excluding hydrogens is 530 g/mol. The summed E-state index contributed by atoms with van der Waals surface area (Å²) in [5.41, 5.74) is -0.367. The number of para-hydroxylation sites is 2. The highest BCUT2D eigenvalue weighted by Gasteiger charge is 2.39. The van der Waals surface area contributed by atoms with Gasteiger partial charge in [0, 0.05) is 11.8 Å². The average Bonchev–Trinajstić information content (AvgIpc) is 2.81. The third kappa shape index (κ3) is 8.17. The van der Waals surface area contributed by atoms with Crippen LogP contribution in [0.25, 0.3) is 0 Å². The summed E-state index contributed by atoms with van der Waals surface area (Å²) >= 11 is 0. The molecular formula is C23H20F6N2O5S. The van der Waals surface area contributed by atoms with Crippen molar-refractivity contribution >= 4 is 15.7 Å². The van der Waals surface area contributed by atoms with Crippen molar-refractivity contribution in [2.45, 2.75) is 18.9 Å². The third-order valence-corrected chi connectivity index (χ3v) is 6.34. The first-order chi connectivity index (χ1) is 17.3. The van der Waals surface area contributed by atoms with Gasteiger partial charge in [-0.1, -0.05) is 18.2 Å². The van der Waals surface area contributed by atoms with Crippen LogP contribution in [0.3, 0.4) is 0 Å². The molecule has 3 rings (SSSR count). The van der Waals surface area contributed by atoms with Gasteiger partial charge in [0.1, 0.15) is 5.75 Å². The van der Waals surface area contributed by atoms with Crippen molar-refractivity contribution in [3.05, 3.63) is 72.4 Å². The zero-order valence-electron chi connectivity index (χ0n) is 19.1. The van der Waals surface area contributed by atoms with Gasteiger partial charge in [-0.3, -0.25) is 4.31 Å². The van der Waals surface area contributed by atoms with E-state index in [1.807, 2.05) is 0 Å². The van der Waals surface area contributed by atoms with Gasteiger partial charge in [-0.2, -0.15) is 26.3 Å². The highest BCUT2D eigenvalue weighted by atomic mass is 32.2. The number of hydrogen-bond donors (Lipinski definition) is 0. The van der Waals surface area contributed by atoms with Crippen LogP contribution in [0, 0.1) is 0 Å². The Morgan fingerprint density at radius 1 is 0.865 bits per heavy atom. The van der Waals surface area contributed by atoms with Crippen LogP contribution in [0.2, 0.25) is 0 Å². The van der Waals surface area contributed by atoms with Crippen molar-refractivity contribution < 1.29 is 49.0 Å².